The summed E-state index contributed by atoms with van der Waals surface area (Å²) in [5, 5.41) is 3.86. The number of ether oxygens (including phenoxy) is 1. The van der Waals surface area contributed by atoms with E-state index >= 15 is 0 Å². The fourth-order valence-corrected chi connectivity index (χ4v) is 1.16. The predicted molar refractivity (Wildman–Crippen MR) is 53.0 cm³/mol. The molecular formula is C10H17NO3. The van der Waals surface area contributed by atoms with E-state index in [9.17, 15) is 4.79 Å². The summed E-state index contributed by atoms with van der Waals surface area (Å²) < 4.78 is 4.97. The molecule has 0 saturated heterocycles. The Labute approximate surface area is 84.3 Å². The van der Waals surface area contributed by atoms with Gasteiger partial charge in [-0.25, -0.2) is 4.79 Å². The third-order valence-electron chi connectivity index (χ3n) is 2.07. The van der Waals surface area contributed by atoms with Gasteiger partial charge in [0.15, 0.2) is 0 Å². The molecule has 0 aromatic heterocycles. The van der Waals surface area contributed by atoms with Gasteiger partial charge < -0.3 is 9.57 Å². The van der Waals surface area contributed by atoms with Crippen LogP contribution in [0.5, 0.6) is 0 Å². The zero-order valence-corrected chi connectivity index (χ0v) is 8.95. The average molecular weight is 199 g/mol. The third-order valence-corrected chi connectivity index (χ3v) is 2.07. The van der Waals surface area contributed by atoms with Crippen molar-refractivity contribution in [2.75, 3.05) is 6.61 Å². The molecule has 0 aliphatic carbocycles. The van der Waals surface area contributed by atoms with E-state index in [1.807, 2.05) is 20.8 Å². The Morgan fingerprint density at radius 3 is 2.93 bits per heavy atom. The molecule has 0 spiro atoms. The Morgan fingerprint density at radius 1 is 1.71 bits per heavy atom. The number of carbonyl (C=O) groups excluding carboxylic acids is 1. The lowest BCUT2D eigenvalue weighted by Crippen LogP contribution is -2.24. The second-order valence-electron chi connectivity index (χ2n) is 3.70. The number of carbonyl (C=O) groups is 1. The molecule has 0 bridgehead atoms. The van der Waals surface area contributed by atoms with Gasteiger partial charge in [0.1, 0.15) is 0 Å². The van der Waals surface area contributed by atoms with E-state index in [0.29, 0.717) is 18.9 Å². The molecule has 0 fully saturated rings. The predicted octanol–water partition coefficient (Wildman–Crippen LogP) is 1.74. The number of hydrogen-bond acceptors (Lipinski definition) is 4. The first-order chi connectivity index (χ1) is 6.65. The Balaban J connectivity index is 2.34. The lowest BCUT2D eigenvalue weighted by molar-refractivity contribution is -0.155. The number of oxime groups is 1. The van der Waals surface area contributed by atoms with Crippen molar-refractivity contribution >= 4 is 11.7 Å². The number of nitrogens with zero attached hydrogens (tertiary/aromatic N) is 1. The summed E-state index contributed by atoms with van der Waals surface area (Å²) in [5.74, 6) is 0.0326. The molecule has 1 atom stereocenters. The van der Waals surface area contributed by atoms with Crippen LogP contribution >= 0.6 is 0 Å². The van der Waals surface area contributed by atoms with Gasteiger partial charge in [-0.2, -0.15) is 0 Å². The molecule has 80 valence electrons. The van der Waals surface area contributed by atoms with Crippen molar-refractivity contribution in [2.24, 2.45) is 11.1 Å². The van der Waals surface area contributed by atoms with Crippen LogP contribution in [0, 0.1) is 5.92 Å². The van der Waals surface area contributed by atoms with Gasteiger partial charge in [0.2, 0.25) is 6.10 Å². The smallest absolute Gasteiger partial charge is 0.350 e. The van der Waals surface area contributed by atoms with Crippen LogP contribution in [0.15, 0.2) is 5.16 Å². The Bertz CT molecular complexity index is 236. The molecule has 1 heterocycles. The normalized spacial score (nSPS) is 20.6. The van der Waals surface area contributed by atoms with E-state index in [1.54, 1.807) is 0 Å². The summed E-state index contributed by atoms with van der Waals surface area (Å²) in [7, 11) is 0. The first-order valence-corrected chi connectivity index (χ1v) is 5.04. The molecule has 0 aromatic rings. The van der Waals surface area contributed by atoms with E-state index in [0.717, 1.165) is 12.1 Å². The van der Waals surface area contributed by atoms with Crippen LogP contribution in [0.1, 0.15) is 33.6 Å². The van der Waals surface area contributed by atoms with Crippen molar-refractivity contribution in [3.05, 3.63) is 0 Å². The number of hydrogen-bond donors (Lipinski definition) is 0. The lowest BCUT2D eigenvalue weighted by atomic mass is 10.0. The molecule has 0 radical (unpaired) electrons. The summed E-state index contributed by atoms with van der Waals surface area (Å²) in [4.78, 5) is 16.4. The van der Waals surface area contributed by atoms with Crippen LogP contribution in [-0.2, 0) is 14.4 Å². The minimum atomic E-state index is -0.515. The van der Waals surface area contributed by atoms with Gasteiger partial charge in [-0.1, -0.05) is 25.9 Å². The Morgan fingerprint density at radius 2 is 2.43 bits per heavy atom. The third kappa shape index (κ3) is 2.72. The summed E-state index contributed by atoms with van der Waals surface area (Å²) in [6.07, 6.45) is 0.885. The second kappa shape index (κ2) is 4.98. The average Bonchev–Trinajstić information content (AvgIpc) is 2.62. The minimum absolute atomic E-state index is 0.300. The maximum absolute atomic E-state index is 11.4. The van der Waals surface area contributed by atoms with Crippen molar-refractivity contribution in [1.29, 1.82) is 0 Å². The summed E-state index contributed by atoms with van der Waals surface area (Å²) >= 11 is 0. The van der Waals surface area contributed by atoms with Crippen molar-refractivity contribution in [3.63, 3.8) is 0 Å². The van der Waals surface area contributed by atoms with E-state index in [4.69, 9.17) is 9.57 Å². The summed E-state index contributed by atoms with van der Waals surface area (Å²) in [5.41, 5.74) is 0.934. The molecule has 1 aliphatic heterocycles. The van der Waals surface area contributed by atoms with Gasteiger partial charge in [-0.15, -0.1) is 0 Å². The molecule has 14 heavy (non-hydrogen) atoms. The molecule has 4 nitrogen and oxygen atoms in total. The van der Waals surface area contributed by atoms with Crippen LogP contribution in [0.4, 0.5) is 0 Å². The van der Waals surface area contributed by atoms with Crippen LogP contribution in [0.3, 0.4) is 0 Å². The van der Waals surface area contributed by atoms with Crippen molar-refractivity contribution < 1.29 is 14.4 Å². The first-order valence-electron chi connectivity index (χ1n) is 5.04. The highest BCUT2D eigenvalue weighted by Crippen LogP contribution is 2.16. The van der Waals surface area contributed by atoms with Gasteiger partial charge in [0.25, 0.3) is 0 Å². The molecule has 0 saturated carbocycles. The second-order valence-corrected chi connectivity index (χ2v) is 3.70. The van der Waals surface area contributed by atoms with Crippen LogP contribution in [0.25, 0.3) is 0 Å². The topological polar surface area (TPSA) is 47.9 Å². The zero-order chi connectivity index (χ0) is 10.6. The van der Waals surface area contributed by atoms with Gasteiger partial charge in [0, 0.05) is 6.42 Å². The summed E-state index contributed by atoms with van der Waals surface area (Å²) in [6.45, 7) is 6.47. The van der Waals surface area contributed by atoms with Crippen LogP contribution in [-0.4, -0.2) is 24.4 Å². The molecular weight excluding hydrogens is 182 g/mol. The minimum Gasteiger partial charge on any atom is -0.463 e. The van der Waals surface area contributed by atoms with Gasteiger partial charge in [-0.3, -0.25) is 0 Å². The quantitative estimate of drug-likeness (QED) is 0.648. The van der Waals surface area contributed by atoms with Crippen LogP contribution in [0.2, 0.25) is 0 Å². The van der Waals surface area contributed by atoms with Crippen molar-refractivity contribution in [1.82, 2.24) is 0 Å². The van der Waals surface area contributed by atoms with Crippen LogP contribution < -0.4 is 0 Å². The molecule has 1 rings (SSSR count). The molecule has 0 aromatic carbocycles. The highest BCUT2D eigenvalue weighted by Gasteiger charge is 2.30. The Kier molecular flexibility index (Phi) is 3.92. The number of esters is 1. The highest BCUT2D eigenvalue weighted by atomic mass is 16.7. The van der Waals surface area contributed by atoms with E-state index < -0.39 is 6.10 Å². The molecule has 0 amide bonds. The molecule has 0 N–H and O–H groups in total. The maximum Gasteiger partial charge on any atom is 0.350 e. The van der Waals surface area contributed by atoms with Gasteiger partial charge in [0.05, 0.1) is 12.3 Å². The van der Waals surface area contributed by atoms with Gasteiger partial charge in [-0.05, 0) is 12.3 Å². The standard InChI is InChI=1S/C10H17NO3/c1-4-5-13-10(12)9-6-8(7(2)3)11-14-9/h7,9H,4-6H2,1-3H3. The van der Waals surface area contributed by atoms with Crippen molar-refractivity contribution in [3.8, 4) is 0 Å². The first kappa shape index (κ1) is 11.0. The fraction of sp³-hybridized carbons (Fsp3) is 0.800. The molecule has 4 heteroatoms. The lowest BCUT2D eigenvalue weighted by Gasteiger charge is -2.07. The zero-order valence-electron chi connectivity index (χ0n) is 8.95. The largest absolute Gasteiger partial charge is 0.463 e. The highest BCUT2D eigenvalue weighted by molar-refractivity contribution is 5.92. The summed E-state index contributed by atoms with van der Waals surface area (Å²) in [6, 6.07) is 0. The monoisotopic (exact) mass is 199 g/mol. The Hall–Kier alpha value is -1.06. The van der Waals surface area contributed by atoms with Gasteiger partial charge >= 0.3 is 5.97 Å². The van der Waals surface area contributed by atoms with Crippen molar-refractivity contribution in [2.45, 2.75) is 39.7 Å². The fourth-order valence-electron chi connectivity index (χ4n) is 1.16. The molecule has 1 aliphatic rings. The molecule has 1 unspecified atom stereocenters. The number of rotatable bonds is 4. The SMILES string of the molecule is CCCOC(=O)C1CC(C(C)C)=NO1. The van der Waals surface area contributed by atoms with E-state index in [1.165, 1.54) is 0 Å². The van der Waals surface area contributed by atoms with E-state index in [2.05, 4.69) is 5.16 Å². The van der Waals surface area contributed by atoms with E-state index in [-0.39, 0.29) is 5.97 Å². The maximum atomic E-state index is 11.4.